The summed E-state index contributed by atoms with van der Waals surface area (Å²) >= 11 is 0. The van der Waals surface area contributed by atoms with Gasteiger partial charge in [-0.2, -0.15) is 5.10 Å². The molecule has 0 aliphatic rings. The van der Waals surface area contributed by atoms with Crippen LogP contribution in [0.3, 0.4) is 0 Å². The van der Waals surface area contributed by atoms with Crippen molar-refractivity contribution in [3.8, 4) is 0 Å². The van der Waals surface area contributed by atoms with Crippen molar-refractivity contribution in [1.29, 1.82) is 0 Å². The third kappa shape index (κ3) is 3.13. The van der Waals surface area contributed by atoms with E-state index in [0.717, 1.165) is 5.56 Å². The van der Waals surface area contributed by atoms with E-state index in [-0.39, 0.29) is 11.6 Å². The first-order valence-electron chi connectivity index (χ1n) is 6.27. The molecule has 100 valence electrons. The number of nitrogens with zero attached hydrogens (tertiary/aromatic N) is 2. The van der Waals surface area contributed by atoms with Crippen LogP contribution in [0.1, 0.15) is 28.5 Å². The maximum atomic E-state index is 12.0. The number of benzene rings is 1. The number of nitrogens with two attached hydrogens (primary N) is 1. The Balaban J connectivity index is 2.03. The lowest BCUT2D eigenvalue weighted by Crippen LogP contribution is -2.24. The molecule has 0 saturated heterocycles. The zero-order chi connectivity index (χ0) is 13.8. The Kier molecular flexibility index (Phi) is 3.85. The molecule has 1 aromatic heterocycles. The number of carbonyl (C=O) groups excluding carboxylic acids is 1. The van der Waals surface area contributed by atoms with Crippen molar-refractivity contribution in [2.24, 2.45) is 0 Å². The second kappa shape index (κ2) is 5.56. The van der Waals surface area contributed by atoms with Crippen LogP contribution >= 0.6 is 0 Å². The fraction of sp³-hybridized carbons (Fsp3) is 0.286. The molecule has 2 aromatic rings. The van der Waals surface area contributed by atoms with Crippen molar-refractivity contribution < 1.29 is 4.79 Å². The fourth-order valence-electron chi connectivity index (χ4n) is 1.86. The van der Waals surface area contributed by atoms with Gasteiger partial charge in [0.15, 0.2) is 5.69 Å². The Bertz CT molecular complexity index is 589. The van der Waals surface area contributed by atoms with Gasteiger partial charge in [0, 0.05) is 19.3 Å². The molecule has 1 heterocycles. The average molecular weight is 258 g/mol. The number of rotatable bonds is 4. The summed E-state index contributed by atoms with van der Waals surface area (Å²) in [6.45, 7) is 5.13. The van der Waals surface area contributed by atoms with Crippen molar-refractivity contribution in [2.45, 2.75) is 26.9 Å². The van der Waals surface area contributed by atoms with E-state index in [2.05, 4.69) is 10.4 Å². The molecule has 0 radical (unpaired) electrons. The molecule has 19 heavy (non-hydrogen) atoms. The van der Waals surface area contributed by atoms with Gasteiger partial charge in [-0.3, -0.25) is 9.48 Å². The minimum atomic E-state index is -0.244. The lowest BCUT2D eigenvalue weighted by Gasteiger charge is -2.05. The molecule has 2 rings (SSSR count). The molecular weight excluding hydrogens is 240 g/mol. The molecule has 0 saturated carbocycles. The summed E-state index contributed by atoms with van der Waals surface area (Å²) in [5.41, 5.74) is 8.68. The molecule has 3 N–H and O–H groups in total. The van der Waals surface area contributed by atoms with Crippen LogP contribution in [-0.2, 0) is 13.1 Å². The predicted molar refractivity (Wildman–Crippen MR) is 74.7 cm³/mol. The Morgan fingerprint density at radius 1 is 1.47 bits per heavy atom. The Hall–Kier alpha value is -2.30. The number of amides is 1. The van der Waals surface area contributed by atoms with E-state index in [1.807, 2.05) is 38.1 Å². The van der Waals surface area contributed by atoms with Crippen molar-refractivity contribution in [1.82, 2.24) is 15.1 Å². The van der Waals surface area contributed by atoms with Gasteiger partial charge in [-0.05, 0) is 19.4 Å². The summed E-state index contributed by atoms with van der Waals surface area (Å²) in [5, 5.41) is 6.96. The number of aromatic nitrogens is 2. The van der Waals surface area contributed by atoms with E-state index in [4.69, 9.17) is 5.73 Å². The highest BCUT2D eigenvalue weighted by Gasteiger charge is 2.13. The van der Waals surface area contributed by atoms with E-state index < -0.39 is 0 Å². The van der Waals surface area contributed by atoms with E-state index in [1.54, 1.807) is 10.9 Å². The average Bonchev–Trinajstić information content (AvgIpc) is 2.77. The number of hydrogen-bond donors (Lipinski definition) is 2. The van der Waals surface area contributed by atoms with Crippen LogP contribution in [0.15, 0.2) is 30.5 Å². The van der Waals surface area contributed by atoms with E-state index in [1.165, 1.54) is 5.56 Å². The van der Waals surface area contributed by atoms with Gasteiger partial charge in [-0.25, -0.2) is 0 Å². The minimum Gasteiger partial charge on any atom is -0.396 e. The number of anilines is 1. The van der Waals surface area contributed by atoms with Crippen LogP contribution in [0.25, 0.3) is 0 Å². The van der Waals surface area contributed by atoms with Crippen LogP contribution in [0.5, 0.6) is 0 Å². The number of nitrogens with one attached hydrogen (secondary N) is 1. The van der Waals surface area contributed by atoms with Gasteiger partial charge < -0.3 is 11.1 Å². The summed E-state index contributed by atoms with van der Waals surface area (Å²) in [4.78, 5) is 12.0. The third-order valence-corrected chi connectivity index (χ3v) is 2.86. The molecule has 1 aromatic carbocycles. The molecule has 5 heteroatoms. The van der Waals surface area contributed by atoms with E-state index in [0.29, 0.717) is 18.8 Å². The first-order chi connectivity index (χ1) is 9.10. The Morgan fingerprint density at radius 2 is 2.26 bits per heavy atom. The second-order valence-electron chi connectivity index (χ2n) is 4.46. The van der Waals surface area contributed by atoms with Crippen LogP contribution < -0.4 is 11.1 Å². The highest BCUT2D eigenvalue weighted by atomic mass is 16.1. The molecule has 0 unspecified atom stereocenters. The quantitative estimate of drug-likeness (QED) is 0.877. The lowest BCUT2D eigenvalue weighted by atomic mass is 10.1. The monoisotopic (exact) mass is 258 g/mol. The number of carbonyl (C=O) groups is 1. The smallest absolute Gasteiger partial charge is 0.274 e. The van der Waals surface area contributed by atoms with Crippen LogP contribution in [0.2, 0.25) is 0 Å². The van der Waals surface area contributed by atoms with Gasteiger partial charge in [0.1, 0.15) is 0 Å². The largest absolute Gasteiger partial charge is 0.396 e. The summed E-state index contributed by atoms with van der Waals surface area (Å²) in [7, 11) is 0. The molecular formula is C14H18N4O. The summed E-state index contributed by atoms with van der Waals surface area (Å²) in [5.74, 6) is -0.244. The first kappa shape index (κ1) is 13.1. The summed E-state index contributed by atoms with van der Waals surface area (Å²) in [6.07, 6.45) is 1.67. The number of aryl methyl sites for hydroxylation is 2. The lowest BCUT2D eigenvalue weighted by molar-refractivity contribution is 0.0946. The Morgan fingerprint density at radius 3 is 2.89 bits per heavy atom. The summed E-state index contributed by atoms with van der Waals surface area (Å²) < 4.78 is 1.65. The van der Waals surface area contributed by atoms with Gasteiger partial charge in [-0.1, -0.05) is 29.8 Å². The van der Waals surface area contributed by atoms with Crippen molar-refractivity contribution in [3.63, 3.8) is 0 Å². The van der Waals surface area contributed by atoms with Gasteiger partial charge >= 0.3 is 0 Å². The van der Waals surface area contributed by atoms with E-state index in [9.17, 15) is 4.79 Å². The summed E-state index contributed by atoms with van der Waals surface area (Å²) in [6, 6.07) is 8.00. The normalized spacial score (nSPS) is 10.4. The second-order valence-corrected chi connectivity index (χ2v) is 4.46. The Labute approximate surface area is 112 Å². The molecule has 5 nitrogen and oxygen atoms in total. The first-order valence-corrected chi connectivity index (χ1v) is 6.27. The minimum absolute atomic E-state index is 0.244. The van der Waals surface area contributed by atoms with Gasteiger partial charge in [-0.15, -0.1) is 0 Å². The van der Waals surface area contributed by atoms with Crippen molar-refractivity contribution in [2.75, 3.05) is 5.73 Å². The molecule has 0 spiro atoms. The van der Waals surface area contributed by atoms with Crippen LogP contribution in [0.4, 0.5) is 5.69 Å². The maximum absolute atomic E-state index is 12.0. The molecule has 1 amide bonds. The highest BCUT2D eigenvalue weighted by Crippen LogP contribution is 2.09. The molecule has 0 aliphatic carbocycles. The van der Waals surface area contributed by atoms with Crippen molar-refractivity contribution in [3.05, 3.63) is 47.3 Å². The zero-order valence-corrected chi connectivity index (χ0v) is 11.2. The van der Waals surface area contributed by atoms with Crippen molar-refractivity contribution >= 4 is 11.6 Å². The van der Waals surface area contributed by atoms with Gasteiger partial charge in [0.2, 0.25) is 0 Å². The predicted octanol–water partition coefficient (Wildman–Crippen LogP) is 1.72. The van der Waals surface area contributed by atoms with Gasteiger partial charge in [0.05, 0.1) is 5.69 Å². The molecule has 0 bridgehead atoms. The third-order valence-electron chi connectivity index (χ3n) is 2.86. The highest BCUT2D eigenvalue weighted by molar-refractivity contribution is 5.96. The number of hydrogen-bond acceptors (Lipinski definition) is 3. The fourth-order valence-corrected chi connectivity index (χ4v) is 1.86. The number of nitrogen functional groups attached to an aromatic ring is 1. The molecule has 0 aliphatic heterocycles. The van der Waals surface area contributed by atoms with Crippen LogP contribution in [-0.4, -0.2) is 15.7 Å². The standard InChI is InChI=1S/C14H18N4O/c1-3-18-9-12(15)13(17-18)14(19)16-8-11-6-4-5-10(2)7-11/h4-7,9H,3,8,15H2,1-2H3,(H,16,19). The SMILES string of the molecule is CCn1cc(N)c(C(=O)NCc2cccc(C)c2)n1. The zero-order valence-electron chi connectivity index (χ0n) is 11.2. The maximum Gasteiger partial charge on any atom is 0.274 e. The molecule has 0 fully saturated rings. The van der Waals surface area contributed by atoms with Gasteiger partial charge in [0.25, 0.3) is 5.91 Å². The molecule has 0 atom stereocenters. The van der Waals surface area contributed by atoms with E-state index >= 15 is 0 Å². The topological polar surface area (TPSA) is 72.9 Å². The van der Waals surface area contributed by atoms with Crippen LogP contribution in [0, 0.1) is 6.92 Å².